The molecule has 1 aliphatic rings. The van der Waals surface area contributed by atoms with Crippen LogP contribution in [0.2, 0.25) is 0 Å². The van der Waals surface area contributed by atoms with Crippen LogP contribution < -0.4 is 0 Å². The van der Waals surface area contributed by atoms with Gasteiger partial charge in [-0.25, -0.2) is 4.79 Å². The molecule has 0 aromatic heterocycles. The number of rotatable bonds is 5. The summed E-state index contributed by atoms with van der Waals surface area (Å²) in [6, 6.07) is 4.93. The SMILES string of the molecule is Cc1cc(C(=O)CCC(=O)[C@@H]2CCCN2C(=O)OC(C)(C)C)ccc1Br. The van der Waals surface area contributed by atoms with Gasteiger partial charge in [-0.15, -0.1) is 0 Å². The van der Waals surface area contributed by atoms with Crippen LogP contribution in [-0.4, -0.2) is 40.7 Å². The van der Waals surface area contributed by atoms with Crippen molar-refractivity contribution in [3.8, 4) is 0 Å². The van der Waals surface area contributed by atoms with E-state index in [1.165, 1.54) is 4.90 Å². The number of hydrogen-bond acceptors (Lipinski definition) is 4. The average Bonchev–Trinajstić information content (AvgIpc) is 3.03. The summed E-state index contributed by atoms with van der Waals surface area (Å²) in [7, 11) is 0. The second-order valence-corrected chi connectivity index (χ2v) is 8.54. The molecule has 2 rings (SSSR count). The van der Waals surface area contributed by atoms with Gasteiger partial charge in [0.25, 0.3) is 0 Å². The van der Waals surface area contributed by atoms with E-state index in [0.717, 1.165) is 16.5 Å². The Morgan fingerprint density at radius 2 is 1.92 bits per heavy atom. The Balaban J connectivity index is 1.94. The number of Topliss-reactive ketones (excluding diaryl/α,β-unsaturated/α-hetero) is 2. The molecule has 1 fully saturated rings. The number of aryl methyl sites for hydroxylation is 1. The lowest BCUT2D eigenvalue weighted by molar-refractivity contribution is -0.123. The third-order valence-corrected chi connectivity index (χ3v) is 5.22. The summed E-state index contributed by atoms with van der Waals surface area (Å²) < 4.78 is 6.33. The lowest BCUT2D eigenvalue weighted by atomic mass is 10.00. The first-order valence-corrected chi connectivity index (χ1v) is 9.69. The maximum absolute atomic E-state index is 12.6. The Morgan fingerprint density at radius 3 is 2.54 bits per heavy atom. The highest BCUT2D eigenvalue weighted by Crippen LogP contribution is 2.23. The summed E-state index contributed by atoms with van der Waals surface area (Å²) in [5.74, 6) is -0.133. The van der Waals surface area contributed by atoms with Crippen molar-refractivity contribution < 1.29 is 19.1 Å². The van der Waals surface area contributed by atoms with Gasteiger partial charge in [-0.2, -0.15) is 0 Å². The lowest BCUT2D eigenvalue weighted by Gasteiger charge is -2.28. The molecule has 1 aromatic carbocycles. The minimum atomic E-state index is -0.595. The van der Waals surface area contributed by atoms with Gasteiger partial charge in [0.2, 0.25) is 0 Å². The van der Waals surface area contributed by atoms with Crippen molar-refractivity contribution in [2.45, 2.75) is 65.0 Å². The van der Waals surface area contributed by atoms with Crippen LogP contribution in [-0.2, 0) is 9.53 Å². The molecule has 5 nitrogen and oxygen atoms in total. The molecular formula is C20H26BrNO4. The van der Waals surface area contributed by atoms with Crippen LogP contribution in [0.15, 0.2) is 22.7 Å². The first kappa shape index (κ1) is 20.6. The molecule has 0 aliphatic carbocycles. The third kappa shape index (κ3) is 5.40. The predicted molar refractivity (Wildman–Crippen MR) is 103 cm³/mol. The second-order valence-electron chi connectivity index (χ2n) is 7.69. The number of carbonyl (C=O) groups excluding carboxylic acids is 3. The monoisotopic (exact) mass is 423 g/mol. The number of amides is 1. The Morgan fingerprint density at radius 1 is 1.23 bits per heavy atom. The van der Waals surface area contributed by atoms with E-state index in [2.05, 4.69) is 15.9 Å². The van der Waals surface area contributed by atoms with Crippen molar-refractivity contribution >= 4 is 33.6 Å². The molecule has 0 radical (unpaired) electrons. The van der Waals surface area contributed by atoms with E-state index in [1.54, 1.807) is 26.8 Å². The molecule has 142 valence electrons. The number of likely N-dealkylation sites (tertiary alicyclic amines) is 1. The molecule has 1 aromatic rings. The smallest absolute Gasteiger partial charge is 0.410 e. The number of nitrogens with zero attached hydrogens (tertiary/aromatic N) is 1. The van der Waals surface area contributed by atoms with Crippen molar-refractivity contribution in [3.05, 3.63) is 33.8 Å². The summed E-state index contributed by atoms with van der Waals surface area (Å²) >= 11 is 3.41. The molecule has 0 saturated carbocycles. The second kappa shape index (κ2) is 8.33. The molecule has 1 amide bonds. The number of halogens is 1. The van der Waals surface area contributed by atoms with Crippen molar-refractivity contribution in [1.82, 2.24) is 4.90 Å². The fourth-order valence-electron chi connectivity index (χ4n) is 3.01. The summed E-state index contributed by atoms with van der Waals surface area (Å²) in [5.41, 5.74) is 0.992. The number of carbonyl (C=O) groups is 3. The van der Waals surface area contributed by atoms with E-state index in [9.17, 15) is 14.4 Å². The van der Waals surface area contributed by atoms with Crippen molar-refractivity contribution in [1.29, 1.82) is 0 Å². The number of ketones is 2. The van der Waals surface area contributed by atoms with Crippen molar-refractivity contribution in [2.75, 3.05) is 6.54 Å². The fraction of sp³-hybridized carbons (Fsp3) is 0.550. The van der Waals surface area contributed by atoms with Gasteiger partial charge in [0, 0.05) is 29.4 Å². The minimum absolute atomic E-state index is 0.0595. The molecule has 1 saturated heterocycles. The van der Waals surface area contributed by atoms with Crippen LogP contribution in [0.4, 0.5) is 4.79 Å². The molecule has 0 bridgehead atoms. The molecule has 26 heavy (non-hydrogen) atoms. The Hall–Kier alpha value is -1.69. The van der Waals surface area contributed by atoms with Gasteiger partial charge in [0.05, 0.1) is 6.04 Å². The predicted octanol–water partition coefficient (Wildman–Crippen LogP) is 4.69. The van der Waals surface area contributed by atoms with Crippen LogP contribution in [0.25, 0.3) is 0 Å². The van der Waals surface area contributed by atoms with Crippen LogP contribution in [0.5, 0.6) is 0 Å². The molecular weight excluding hydrogens is 398 g/mol. The Bertz CT molecular complexity index is 708. The average molecular weight is 424 g/mol. The van der Waals surface area contributed by atoms with Crippen LogP contribution in [0, 0.1) is 6.92 Å². The van der Waals surface area contributed by atoms with Crippen molar-refractivity contribution in [2.24, 2.45) is 0 Å². The van der Waals surface area contributed by atoms with Gasteiger partial charge in [-0.1, -0.05) is 22.0 Å². The summed E-state index contributed by atoms with van der Waals surface area (Å²) in [6.07, 6.45) is 1.23. The van der Waals surface area contributed by atoms with Crippen LogP contribution in [0.3, 0.4) is 0 Å². The zero-order chi connectivity index (χ0) is 19.5. The number of hydrogen-bond donors (Lipinski definition) is 0. The topological polar surface area (TPSA) is 63.7 Å². The van der Waals surface area contributed by atoms with E-state index in [4.69, 9.17) is 4.74 Å². The summed E-state index contributed by atoms with van der Waals surface area (Å²) in [6.45, 7) is 7.85. The quantitative estimate of drug-likeness (QED) is 0.644. The first-order valence-electron chi connectivity index (χ1n) is 8.90. The zero-order valence-corrected chi connectivity index (χ0v) is 17.4. The van der Waals surface area contributed by atoms with Crippen LogP contribution in [0.1, 0.15) is 62.4 Å². The van der Waals surface area contributed by atoms with Gasteiger partial charge in [0.15, 0.2) is 11.6 Å². The standard InChI is InChI=1S/C20H26BrNO4/c1-13-12-14(7-8-15(13)21)17(23)9-10-18(24)16-6-5-11-22(16)19(25)26-20(2,3)4/h7-8,12,16H,5-6,9-11H2,1-4H3/t16-/m0/s1. The lowest BCUT2D eigenvalue weighted by Crippen LogP contribution is -2.43. The molecule has 1 atom stereocenters. The van der Waals surface area contributed by atoms with Gasteiger partial charge >= 0.3 is 6.09 Å². The maximum Gasteiger partial charge on any atom is 0.410 e. The summed E-state index contributed by atoms with van der Waals surface area (Å²) in [4.78, 5) is 38.7. The van der Waals surface area contributed by atoms with E-state index < -0.39 is 17.7 Å². The molecule has 0 spiro atoms. The molecule has 1 aliphatic heterocycles. The normalized spacial score (nSPS) is 17.3. The highest BCUT2D eigenvalue weighted by atomic mass is 79.9. The highest BCUT2D eigenvalue weighted by molar-refractivity contribution is 9.10. The molecule has 1 heterocycles. The Labute approximate surface area is 163 Å². The number of benzene rings is 1. The van der Waals surface area contributed by atoms with Gasteiger partial charge < -0.3 is 4.74 Å². The van der Waals surface area contributed by atoms with Crippen molar-refractivity contribution in [3.63, 3.8) is 0 Å². The van der Waals surface area contributed by atoms with Gasteiger partial charge in [-0.3, -0.25) is 14.5 Å². The zero-order valence-electron chi connectivity index (χ0n) is 15.8. The van der Waals surface area contributed by atoms with E-state index >= 15 is 0 Å². The third-order valence-electron chi connectivity index (χ3n) is 4.33. The molecule has 0 unspecified atom stereocenters. The maximum atomic E-state index is 12.6. The largest absolute Gasteiger partial charge is 0.444 e. The van der Waals surface area contributed by atoms with E-state index in [0.29, 0.717) is 18.5 Å². The van der Waals surface area contributed by atoms with Gasteiger partial charge in [0.1, 0.15) is 5.60 Å². The van der Waals surface area contributed by atoms with E-state index in [1.807, 2.05) is 19.1 Å². The highest BCUT2D eigenvalue weighted by Gasteiger charge is 2.36. The van der Waals surface area contributed by atoms with Crippen LogP contribution >= 0.6 is 15.9 Å². The molecule has 6 heteroatoms. The molecule has 0 N–H and O–H groups in total. The summed E-state index contributed by atoms with van der Waals surface area (Å²) in [5, 5.41) is 0. The fourth-order valence-corrected chi connectivity index (χ4v) is 3.25. The first-order chi connectivity index (χ1) is 12.1. The number of ether oxygens (including phenoxy) is 1. The Kier molecular flexibility index (Phi) is 6.61. The van der Waals surface area contributed by atoms with Gasteiger partial charge in [-0.05, 0) is 58.2 Å². The minimum Gasteiger partial charge on any atom is -0.444 e. The van der Waals surface area contributed by atoms with E-state index in [-0.39, 0.29) is 24.4 Å².